The van der Waals surface area contributed by atoms with Crippen molar-refractivity contribution in [2.45, 2.75) is 25.7 Å². The van der Waals surface area contributed by atoms with E-state index in [0.29, 0.717) is 11.3 Å². The van der Waals surface area contributed by atoms with Gasteiger partial charge in [-0.2, -0.15) is 0 Å². The zero-order valence-electron chi connectivity index (χ0n) is 14.6. The van der Waals surface area contributed by atoms with Gasteiger partial charge in [-0.1, -0.05) is 24.3 Å². The molecule has 0 aliphatic carbocycles. The molecule has 2 aromatic rings. The van der Waals surface area contributed by atoms with Gasteiger partial charge in [0.25, 0.3) is 0 Å². The minimum Gasteiger partial charge on any atom is -0.337 e. The van der Waals surface area contributed by atoms with Crippen molar-refractivity contribution in [1.82, 2.24) is 10.0 Å². The molecule has 0 unspecified atom stereocenters. The van der Waals surface area contributed by atoms with Crippen LogP contribution in [-0.4, -0.2) is 27.5 Å². The number of urea groups is 1. The Hall–Kier alpha value is -2.38. The van der Waals surface area contributed by atoms with Gasteiger partial charge in [0, 0.05) is 18.8 Å². The van der Waals surface area contributed by atoms with Crippen LogP contribution in [0.2, 0.25) is 0 Å². The summed E-state index contributed by atoms with van der Waals surface area (Å²) in [7, 11) is -3.60. The summed E-state index contributed by atoms with van der Waals surface area (Å²) < 4.78 is 27.2. The van der Waals surface area contributed by atoms with Gasteiger partial charge in [0.1, 0.15) is 0 Å². The first-order chi connectivity index (χ1) is 11.8. The minimum atomic E-state index is -3.60. The summed E-state index contributed by atoms with van der Waals surface area (Å²) in [5.41, 5.74) is 3.29. The minimum absolute atomic E-state index is 0.108. The average molecular weight is 361 g/mol. The van der Waals surface area contributed by atoms with E-state index < -0.39 is 10.0 Å². The van der Waals surface area contributed by atoms with E-state index in [1.54, 1.807) is 25.1 Å². The van der Waals surface area contributed by atoms with Crippen LogP contribution < -0.4 is 15.4 Å². The topological polar surface area (TPSA) is 87.3 Å². The SMILES string of the molecule is Cc1cccc(NC(=O)NCCNS(=O)(=O)c2cc(C)ccc2C)c1. The molecule has 2 aromatic carbocycles. The molecule has 0 saturated carbocycles. The van der Waals surface area contributed by atoms with E-state index in [9.17, 15) is 13.2 Å². The summed E-state index contributed by atoms with van der Waals surface area (Å²) >= 11 is 0. The number of carbonyl (C=O) groups is 1. The Morgan fingerprint density at radius 1 is 0.960 bits per heavy atom. The number of hydrogen-bond donors (Lipinski definition) is 3. The summed E-state index contributed by atoms with van der Waals surface area (Å²) in [5, 5.41) is 5.33. The van der Waals surface area contributed by atoms with Gasteiger partial charge in [0.2, 0.25) is 10.0 Å². The molecule has 0 radical (unpaired) electrons. The molecule has 25 heavy (non-hydrogen) atoms. The lowest BCUT2D eigenvalue weighted by molar-refractivity contribution is 0.252. The summed E-state index contributed by atoms with van der Waals surface area (Å²) in [6, 6.07) is 12.3. The number of nitrogens with one attached hydrogen (secondary N) is 3. The highest BCUT2D eigenvalue weighted by Crippen LogP contribution is 2.16. The van der Waals surface area contributed by atoms with Gasteiger partial charge in [0.05, 0.1) is 4.90 Å². The fourth-order valence-corrected chi connectivity index (χ4v) is 3.69. The van der Waals surface area contributed by atoms with Crippen molar-refractivity contribution in [1.29, 1.82) is 0 Å². The maximum atomic E-state index is 12.3. The highest BCUT2D eigenvalue weighted by Gasteiger charge is 2.16. The van der Waals surface area contributed by atoms with Gasteiger partial charge in [0.15, 0.2) is 0 Å². The molecular weight excluding hydrogens is 338 g/mol. The number of carbonyl (C=O) groups excluding carboxylic acids is 1. The van der Waals surface area contributed by atoms with E-state index in [2.05, 4.69) is 15.4 Å². The summed E-state index contributed by atoms with van der Waals surface area (Å²) in [6.45, 7) is 5.82. The number of aryl methyl sites for hydroxylation is 3. The molecule has 0 fully saturated rings. The Morgan fingerprint density at radius 2 is 1.68 bits per heavy atom. The maximum absolute atomic E-state index is 12.3. The van der Waals surface area contributed by atoms with Crippen LogP contribution in [0.4, 0.5) is 10.5 Å². The molecule has 0 aromatic heterocycles. The fourth-order valence-electron chi connectivity index (χ4n) is 2.33. The molecule has 7 heteroatoms. The van der Waals surface area contributed by atoms with Gasteiger partial charge >= 0.3 is 6.03 Å². The van der Waals surface area contributed by atoms with Gasteiger partial charge in [-0.15, -0.1) is 0 Å². The summed E-state index contributed by atoms with van der Waals surface area (Å²) in [5.74, 6) is 0. The van der Waals surface area contributed by atoms with Crippen molar-refractivity contribution in [3.05, 3.63) is 59.2 Å². The smallest absolute Gasteiger partial charge is 0.319 e. The predicted octanol–water partition coefficient (Wildman–Crippen LogP) is 2.71. The monoisotopic (exact) mass is 361 g/mol. The molecule has 0 saturated heterocycles. The Bertz CT molecular complexity index is 864. The first kappa shape index (κ1) is 19.0. The zero-order valence-corrected chi connectivity index (χ0v) is 15.4. The van der Waals surface area contributed by atoms with Crippen molar-refractivity contribution in [2.75, 3.05) is 18.4 Å². The van der Waals surface area contributed by atoms with Crippen LogP contribution in [0.1, 0.15) is 16.7 Å². The van der Waals surface area contributed by atoms with Crippen LogP contribution >= 0.6 is 0 Å². The van der Waals surface area contributed by atoms with Crippen LogP contribution in [0.5, 0.6) is 0 Å². The largest absolute Gasteiger partial charge is 0.337 e. The van der Waals surface area contributed by atoms with Crippen LogP contribution in [0.3, 0.4) is 0 Å². The second kappa shape index (κ2) is 8.13. The molecule has 6 nitrogen and oxygen atoms in total. The quantitative estimate of drug-likeness (QED) is 0.691. The first-order valence-electron chi connectivity index (χ1n) is 7.96. The third-order valence-electron chi connectivity index (χ3n) is 3.61. The normalized spacial score (nSPS) is 11.2. The molecule has 2 amide bonds. The van der Waals surface area contributed by atoms with E-state index in [4.69, 9.17) is 0 Å². The second-order valence-electron chi connectivity index (χ2n) is 5.92. The molecule has 0 aliphatic rings. The third-order valence-corrected chi connectivity index (χ3v) is 5.21. The highest BCUT2D eigenvalue weighted by molar-refractivity contribution is 7.89. The molecular formula is C18H23N3O3S. The van der Waals surface area contributed by atoms with Gasteiger partial charge < -0.3 is 10.6 Å². The third kappa shape index (κ3) is 5.58. The number of rotatable bonds is 6. The van der Waals surface area contributed by atoms with E-state index in [0.717, 1.165) is 11.1 Å². The van der Waals surface area contributed by atoms with E-state index in [1.165, 1.54) is 0 Å². The Labute approximate surface area is 148 Å². The number of amides is 2. The predicted molar refractivity (Wildman–Crippen MR) is 99.3 cm³/mol. The lowest BCUT2D eigenvalue weighted by Crippen LogP contribution is -2.37. The Balaban J connectivity index is 1.84. The van der Waals surface area contributed by atoms with Crippen LogP contribution in [0.15, 0.2) is 47.4 Å². The number of anilines is 1. The number of benzene rings is 2. The van der Waals surface area contributed by atoms with Crippen molar-refractivity contribution in [2.24, 2.45) is 0 Å². The lowest BCUT2D eigenvalue weighted by Gasteiger charge is -2.11. The molecule has 2 rings (SSSR count). The van der Waals surface area contributed by atoms with E-state index in [-0.39, 0.29) is 24.0 Å². The van der Waals surface area contributed by atoms with Crippen molar-refractivity contribution < 1.29 is 13.2 Å². The van der Waals surface area contributed by atoms with Crippen LogP contribution in [0.25, 0.3) is 0 Å². The Kier molecular flexibility index (Phi) is 6.17. The number of hydrogen-bond acceptors (Lipinski definition) is 3. The van der Waals surface area contributed by atoms with Crippen LogP contribution in [0, 0.1) is 20.8 Å². The van der Waals surface area contributed by atoms with Crippen molar-refractivity contribution in [3.8, 4) is 0 Å². The van der Waals surface area contributed by atoms with Gasteiger partial charge in [-0.05, 0) is 55.7 Å². The molecule has 134 valence electrons. The molecule has 0 bridgehead atoms. The first-order valence-corrected chi connectivity index (χ1v) is 9.45. The molecule has 0 spiro atoms. The number of sulfonamides is 1. The average Bonchev–Trinajstić information content (AvgIpc) is 2.54. The van der Waals surface area contributed by atoms with Crippen molar-refractivity contribution >= 4 is 21.7 Å². The standard InChI is InChI=1S/C18H23N3O3S/c1-13-5-4-6-16(11-13)21-18(22)19-9-10-20-25(23,24)17-12-14(2)7-8-15(17)3/h4-8,11-12,20H,9-10H2,1-3H3,(H2,19,21,22). The zero-order chi connectivity index (χ0) is 18.4. The summed E-state index contributed by atoms with van der Waals surface area (Å²) in [4.78, 5) is 12.1. The molecule has 0 aliphatic heterocycles. The lowest BCUT2D eigenvalue weighted by atomic mass is 10.2. The maximum Gasteiger partial charge on any atom is 0.319 e. The molecule has 3 N–H and O–H groups in total. The highest BCUT2D eigenvalue weighted by atomic mass is 32.2. The Morgan fingerprint density at radius 3 is 2.40 bits per heavy atom. The second-order valence-corrected chi connectivity index (χ2v) is 7.65. The van der Waals surface area contributed by atoms with Gasteiger partial charge in [-0.3, -0.25) is 0 Å². The van der Waals surface area contributed by atoms with Gasteiger partial charge in [-0.25, -0.2) is 17.9 Å². The van der Waals surface area contributed by atoms with Crippen molar-refractivity contribution in [3.63, 3.8) is 0 Å². The summed E-state index contributed by atoms with van der Waals surface area (Å²) in [6.07, 6.45) is 0. The van der Waals surface area contributed by atoms with E-state index in [1.807, 2.05) is 38.1 Å². The van der Waals surface area contributed by atoms with E-state index >= 15 is 0 Å². The molecule has 0 heterocycles. The molecule has 0 atom stereocenters. The fraction of sp³-hybridized carbons (Fsp3) is 0.278. The van der Waals surface area contributed by atoms with Crippen LogP contribution in [-0.2, 0) is 10.0 Å².